The van der Waals surface area contributed by atoms with Crippen LogP contribution in [0.15, 0.2) is 42.5 Å². The number of imidazole rings is 1. The molecule has 1 fully saturated rings. The Morgan fingerprint density at radius 3 is 2.89 bits per heavy atom. The molecule has 2 N–H and O–H groups in total. The molecule has 0 unspecified atom stereocenters. The fourth-order valence-corrected chi connectivity index (χ4v) is 5.10. The number of anilines is 2. The van der Waals surface area contributed by atoms with Gasteiger partial charge in [-0.1, -0.05) is 17.7 Å². The van der Waals surface area contributed by atoms with Crippen molar-refractivity contribution in [1.29, 1.82) is 0 Å². The van der Waals surface area contributed by atoms with Crippen molar-refractivity contribution in [1.82, 2.24) is 9.97 Å². The van der Waals surface area contributed by atoms with Crippen LogP contribution in [0.4, 0.5) is 11.4 Å². The van der Waals surface area contributed by atoms with E-state index < -0.39 is 10.0 Å². The van der Waals surface area contributed by atoms with Crippen LogP contribution in [0.2, 0.25) is 5.02 Å². The lowest BCUT2D eigenvalue weighted by Gasteiger charge is -2.28. The van der Waals surface area contributed by atoms with Gasteiger partial charge in [-0.3, -0.25) is 9.10 Å². The Bertz CT molecular complexity index is 1140. The van der Waals surface area contributed by atoms with Crippen LogP contribution in [-0.4, -0.2) is 36.6 Å². The molecule has 0 saturated carbocycles. The minimum atomic E-state index is -3.29. The standard InChI is InChI=1S/C19H19ClN4O3S/c20-13-6-7-16-17(10-13)23-18(22-16)12-19(25)21-14-4-3-5-15(11-14)24-8-1-2-9-28(24,26)27/h3-7,10-11H,1-2,8-9,12H2,(H,21,25)(H,22,23). The van der Waals surface area contributed by atoms with Crippen LogP contribution in [0, 0.1) is 0 Å². The zero-order valence-corrected chi connectivity index (χ0v) is 16.6. The molecular formula is C19H19ClN4O3S. The molecule has 1 aromatic heterocycles. The predicted octanol–water partition coefficient (Wildman–Crippen LogP) is 3.33. The maximum absolute atomic E-state index is 12.4. The van der Waals surface area contributed by atoms with Crippen molar-refractivity contribution in [3.63, 3.8) is 0 Å². The highest BCUT2D eigenvalue weighted by Gasteiger charge is 2.26. The lowest BCUT2D eigenvalue weighted by atomic mass is 10.2. The molecule has 1 aliphatic heterocycles. The van der Waals surface area contributed by atoms with Crippen LogP contribution >= 0.6 is 11.6 Å². The number of amides is 1. The van der Waals surface area contributed by atoms with E-state index in [1.165, 1.54) is 4.31 Å². The summed E-state index contributed by atoms with van der Waals surface area (Å²) in [4.78, 5) is 19.9. The lowest BCUT2D eigenvalue weighted by molar-refractivity contribution is -0.115. The van der Waals surface area contributed by atoms with E-state index in [1.807, 2.05) is 0 Å². The molecule has 2 heterocycles. The smallest absolute Gasteiger partial charge is 0.235 e. The van der Waals surface area contributed by atoms with Gasteiger partial charge in [-0.2, -0.15) is 0 Å². The third kappa shape index (κ3) is 3.98. The summed E-state index contributed by atoms with van der Waals surface area (Å²) in [7, 11) is -3.29. The van der Waals surface area contributed by atoms with Crippen molar-refractivity contribution in [3.05, 3.63) is 53.3 Å². The number of rotatable bonds is 4. The first-order valence-corrected chi connectivity index (χ1v) is 10.9. The number of aromatic amines is 1. The minimum Gasteiger partial charge on any atom is -0.342 e. The normalized spacial score (nSPS) is 16.2. The van der Waals surface area contributed by atoms with Gasteiger partial charge < -0.3 is 10.3 Å². The third-order valence-electron chi connectivity index (χ3n) is 4.59. The number of hydrogen-bond donors (Lipinski definition) is 2. The summed E-state index contributed by atoms with van der Waals surface area (Å²) in [5.74, 6) is 0.438. The Morgan fingerprint density at radius 2 is 2.07 bits per heavy atom. The van der Waals surface area contributed by atoms with Crippen molar-refractivity contribution in [2.45, 2.75) is 19.3 Å². The maximum atomic E-state index is 12.4. The van der Waals surface area contributed by atoms with E-state index in [0.717, 1.165) is 17.5 Å². The van der Waals surface area contributed by atoms with E-state index in [1.54, 1.807) is 42.5 Å². The van der Waals surface area contributed by atoms with E-state index in [2.05, 4.69) is 15.3 Å². The molecule has 1 saturated heterocycles. The van der Waals surface area contributed by atoms with Gasteiger partial charge in [0.05, 0.1) is 28.9 Å². The summed E-state index contributed by atoms with van der Waals surface area (Å²) < 4.78 is 26.0. The number of nitrogens with zero attached hydrogens (tertiary/aromatic N) is 2. The van der Waals surface area contributed by atoms with E-state index in [0.29, 0.717) is 35.2 Å². The monoisotopic (exact) mass is 418 g/mol. The van der Waals surface area contributed by atoms with Crippen molar-refractivity contribution in [2.24, 2.45) is 0 Å². The van der Waals surface area contributed by atoms with E-state index >= 15 is 0 Å². The number of nitrogens with one attached hydrogen (secondary N) is 2. The average molecular weight is 419 g/mol. The van der Waals surface area contributed by atoms with Crippen LogP contribution in [0.3, 0.4) is 0 Å². The summed E-state index contributed by atoms with van der Waals surface area (Å²) in [6.45, 7) is 0.460. The minimum absolute atomic E-state index is 0.0680. The summed E-state index contributed by atoms with van der Waals surface area (Å²) in [6, 6.07) is 12.2. The largest absolute Gasteiger partial charge is 0.342 e. The van der Waals surface area contributed by atoms with Gasteiger partial charge in [0.15, 0.2) is 0 Å². The van der Waals surface area contributed by atoms with E-state index in [-0.39, 0.29) is 18.1 Å². The second kappa shape index (κ2) is 7.44. The molecule has 0 aliphatic carbocycles. The Balaban J connectivity index is 1.48. The number of hydrogen-bond acceptors (Lipinski definition) is 4. The Labute approximate surface area is 167 Å². The fourth-order valence-electron chi connectivity index (χ4n) is 3.29. The Morgan fingerprint density at radius 1 is 1.21 bits per heavy atom. The first kappa shape index (κ1) is 18.8. The molecule has 0 spiro atoms. The number of benzene rings is 2. The van der Waals surface area contributed by atoms with Gasteiger partial charge in [0.1, 0.15) is 5.82 Å². The van der Waals surface area contributed by atoms with E-state index in [4.69, 9.17) is 11.6 Å². The second-order valence-corrected chi connectivity index (χ2v) is 9.16. The number of aromatic nitrogens is 2. The molecule has 3 aromatic rings. The topological polar surface area (TPSA) is 95.2 Å². The highest BCUT2D eigenvalue weighted by Crippen LogP contribution is 2.26. The highest BCUT2D eigenvalue weighted by atomic mass is 35.5. The quantitative estimate of drug-likeness (QED) is 0.679. The summed E-state index contributed by atoms with van der Waals surface area (Å²) in [5, 5.41) is 3.40. The van der Waals surface area contributed by atoms with Crippen molar-refractivity contribution >= 4 is 49.9 Å². The Kier molecular flexibility index (Phi) is 4.99. The van der Waals surface area contributed by atoms with Gasteiger partial charge in [-0.15, -0.1) is 0 Å². The van der Waals surface area contributed by atoms with Gasteiger partial charge >= 0.3 is 0 Å². The number of carbonyl (C=O) groups excluding carboxylic acids is 1. The molecule has 4 rings (SSSR count). The molecule has 9 heteroatoms. The number of carbonyl (C=O) groups is 1. The summed E-state index contributed by atoms with van der Waals surface area (Å²) >= 11 is 5.97. The average Bonchev–Trinajstić information content (AvgIpc) is 3.02. The Hall–Kier alpha value is -2.58. The van der Waals surface area contributed by atoms with Crippen molar-refractivity contribution in [2.75, 3.05) is 21.9 Å². The van der Waals surface area contributed by atoms with Crippen LogP contribution < -0.4 is 9.62 Å². The molecule has 0 atom stereocenters. The van der Waals surface area contributed by atoms with Gasteiger partial charge in [0, 0.05) is 17.3 Å². The summed E-state index contributed by atoms with van der Waals surface area (Å²) in [5.41, 5.74) is 2.62. The van der Waals surface area contributed by atoms with Crippen molar-refractivity contribution < 1.29 is 13.2 Å². The number of H-pyrrole nitrogens is 1. The maximum Gasteiger partial charge on any atom is 0.235 e. The highest BCUT2D eigenvalue weighted by molar-refractivity contribution is 7.92. The predicted molar refractivity (Wildman–Crippen MR) is 110 cm³/mol. The molecule has 146 valence electrons. The van der Waals surface area contributed by atoms with Crippen LogP contribution in [0.25, 0.3) is 11.0 Å². The number of fused-ring (bicyclic) bond motifs is 1. The van der Waals surface area contributed by atoms with E-state index in [9.17, 15) is 13.2 Å². The fraction of sp³-hybridized carbons (Fsp3) is 0.263. The van der Waals surface area contributed by atoms with Crippen LogP contribution in [0.5, 0.6) is 0 Å². The molecular weight excluding hydrogens is 400 g/mol. The van der Waals surface area contributed by atoms with Gasteiger partial charge in [0.2, 0.25) is 15.9 Å². The first-order chi connectivity index (χ1) is 13.4. The SMILES string of the molecule is O=C(Cc1nc2ccc(Cl)cc2[nH]1)Nc1cccc(N2CCCCS2(=O)=O)c1. The molecule has 0 bridgehead atoms. The molecule has 7 nitrogen and oxygen atoms in total. The van der Waals surface area contributed by atoms with Crippen LogP contribution in [0.1, 0.15) is 18.7 Å². The number of sulfonamides is 1. The zero-order valence-electron chi connectivity index (χ0n) is 15.0. The van der Waals surface area contributed by atoms with Gasteiger partial charge in [-0.25, -0.2) is 13.4 Å². The molecule has 28 heavy (non-hydrogen) atoms. The van der Waals surface area contributed by atoms with Gasteiger partial charge in [0.25, 0.3) is 0 Å². The van der Waals surface area contributed by atoms with Crippen molar-refractivity contribution in [3.8, 4) is 0 Å². The second-order valence-electron chi connectivity index (χ2n) is 6.72. The van der Waals surface area contributed by atoms with Gasteiger partial charge in [-0.05, 0) is 49.2 Å². The summed E-state index contributed by atoms with van der Waals surface area (Å²) in [6.07, 6.45) is 1.57. The molecule has 1 aliphatic rings. The van der Waals surface area contributed by atoms with Crippen LogP contribution in [-0.2, 0) is 21.2 Å². The zero-order chi connectivity index (χ0) is 19.7. The molecule has 1 amide bonds. The molecule has 0 radical (unpaired) electrons. The first-order valence-electron chi connectivity index (χ1n) is 8.95. The number of halogens is 1. The lowest BCUT2D eigenvalue weighted by Crippen LogP contribution is -2.37. The molecule has 2 aromatic carbocycles. The third-order valence-corrected chi connectivity index (χ3v) is 6.69.